The Morgan fingerprint density at radius 3 is 2.58 bits per heavy atom. The molecule has 0 saturated carbocycles. The molecular formula is C17H28N4O2S. The maximum Gasteiger partial charge on any atom is 0.193 e. The van der Waals surface area contributed by atoms with Gasteiger partial charge in [0.2, 0.25) is 0 Å². The molecule has 0 bridgehead atoms. The van der Waals surface area contributed by atoms with E-state index >= 15 is 0 Å². The Morgan fingerprint density at radius 1 is 1.29 bits per heavy atom. The van der Waals surface area contributed by atoms with E-state index in [9.17, 15) is 8.42 Å². The first-order valence-electron chi connectivity index (χ1n) is 8.30. The summed E-state index contributed by atoms with van der Waals surface area (Å²) in [4.78, 5) is 8.62. The average Bonchev–Trinajstić information content (AvgIpc) is 2.55. The molecule has 1 fully saturated rings. The van der Waals surface area contributed by atoms with Crippen molar-refractivity contribution in [3.8, 4) is 0 Å². The maximum absolute atomic E-state index is 11.4. The SMILES string of the molecule is CN=C(NCCN1CCS(=O)(=O)CC1)N(C)Cc1ccccc1C. The molecule has 0 unspecified atom stereocenters. The number of aryl methyl sites for hydroxylation is 1. The van der Waals surface area contributed by atoms with Gasteiger partial charge in [-0.25, -0.2) is 8.42 Å². The number of hydrogen-bond donors (Lipinski definition) is 1. The zero-order valence-corrected chi connectivity index (χ0v) is 15.6. The van der Waals surface area contributed by atoms with E-state index in [2.05, 4.69) is 45.2 Å². The second kappa shape index (κ2) is 8.48. The number of hydrogen-bond acceptors (Lipinski definition) is 4. The van der Waals surface area contributed by atoms with Crippen molar-refractivity contribution in [3.63, 3.8) is 0 Å². The molecular weight excluding hydrogens is 324 g/mol. The number of nitrogens with zero attached hydrogens (tertiary/aromatic N) is 3. The molecule has 0 aromatic heterocycles. The lowest BCUT2D eigenvalue weighted by molar-refractivity contribution is 0.298. The predicted molar refractivity (Wildman–Crippen MR) is 99.1 cm³/mol. The van der Waals surface area contributed by atoms with Crippen LogP contribution in [-0.2, 0) is 16.4 Å². The van der Waals surface area contributed by atoms with E-state index in [1.54, 1.807) is 7.05 Å². The molecule has 0 aliphatic carbocycles. The number of nitrogens with one attached hydrogen (secondary N) is 1. The fraction of sp³-hybridized carbons (Fsp3) is 0.588. The first-order valence-corrected chi connectivity index (χ1v) is 10.1. The van der Waals surface area contributed by atoms with Crippen LogP contribution in [0.3, 0.4) is 0 Å². The summed E-state index contributed by atoms with van der Waals surface area (Å²) >= 11 is 0. The third-order valence-corrected chi connectivity index (χ3v) is 6.00. The minimum Gasteiger partial charge on any atom is -0.355 e. The Morgan fingerprint density at radius 2 is 1.96 bits per heavy atom. The maximum atomic E-state index is 11.4. The van der Waals surface area contributed by atoms with E-state index in [4.69, 9.17) is 0 Å². The van der Waals surface area contributed by atoms with E-state index in [-0.39, 0.29) is 11.5 Å². The van der Waals surface area contributed by atoms with Crippen LogP contribution >= 0.6 is 0 Å². The molecule has 1 aliphatic heterocycles. The van der Waals surface area contributed by atoms with Crippen LogP contribution in [0.5, 0.6) is 0 Å². The van der Waals surface area contributed by atoms with Gasteiger partial charge in [-0.3, -0.25) is 9.89 Å². The topological polar surface area (TPSA) is 65.0 Å². The van der Waals surface area contributed by atoms with Crippen molar-refractivity contribution in [3.05, 3.63) is 35.4 Å². The monoisotopic (exact) mass is 352 g/mol. The highest BCUT2D eigenvalue weighted by Gasteiger charge is 2.21. The van der Waals surface area contributed by atoms with Crippen LogP contribution in [0.15, 0.2) is 29.3 Å². The standard InChI is InChI=1S/C17H28N4O2S/c1-15-6-4-5-7-16(15)14-20(3)17(18-2)19-8-9-21-10-12-24(22,23)13-11-21/h4-7H,8-14H2,1-3H3,(H,18,19). The van der Waals surface area contributed by atoms with Gasteiger partial charge in [0.15, 0.2) is 15.8 Å². The molecule has 0 spiro atoms. The van der Waals surface area contributed by atoms with Crippen LogP contribution in [0.1, 0.15) is 11.1 Å². The molecule has 7 heteroatoms. The number of aliphatic imine (C=N–C) groups is 1. The normalized spacial score (nSPS) is 18.4. The van der Waals surface area contributed by atoms with Crippen LogP contribution in [0.2, 0.25) is 0 Å². The van der Waals surface area contributed by atoms with Crippen molar-refractivity contribution >= 4 is 15.8 Å². The fourth-order valence-corrected chi connectivity index (χ4v) is 4.08. The summed E-state index contributed by atoms with van der Waals surface area (Å²) in [5, 5.41) is 3.36. The highest BCUT2D eigenvalue weighted by Crippen LogP contribution is 2.09. The van der Waals surface area contributed by atoms with Gasteiger partial charge in [-0.05, 0) is 18.1 Å². The number of rotatable bonds is 5. The molecule has 1 aliphatic rings. The van der Waals surface area contributed by atoms with Crippen molar-refractivity contribution in [2.24, 2.45) is 4.99 Å². The lowest BCUT2D eigenvalue weighted by Crippen LogP contribution is -2.46. The van der Waals surface area contributed by atoms with E-state index in [0.717, 1.165) is 25.6 Å². The fourth-order valence-electron chi connectivity index (χ4n) is 2.80. The highest BCUT2D eigenvalue weighted by molar-refractivity contribution is 7.91. The van der Waals surface area contributed by atoms with E-state index in [0.29, 0.717) is 13.1 Å². The Labute approximate surface area is 145 Å². The molecule has 1 N–H and O–H groups in total. The quantitative estimate of drug-likeness (QED) is 0.625. The van der Waals surface area contributed by atoms with E-state index in [1.807, 2.05) is 13.1 Å². The Hall–Kier alpha value is -1.60. The average molecular weight is 353 g/mol. The molecule has 1 aromatic carbocycles. The van der Waals surface area contributed by atoms with Gasteiger partial charge in [0.1, 0.15) is 0 Å². The van der Waals surface area contributed by atoms with Gasteiger partial charge in [-0.2, -0.15) is 0 Å². The number of sulfone groups is 1. The molecule has 134 valence electrons. The molecule has 24 heavy (non-hydrogen) atoms. The molecule has 0 radical (unpaired) electrons. The second-order valence-electron chi connectivity index (χ2n) is 6.25. The van der Waals surface area contributed by atoms with Crippen molar-refractivity contribution in [1.29, 1.82) is 0 Å². The number of guanidine groups is 1. The Balaban J connectivity index is 1.79. The van der Waals surface area contributed by atoms with Crippen molar-refractivity contribution in [2.45, 2.75) is 13.5 Å². The lowest BCUT2D eigenvalue weighted by atomic mass is 10.1. The first-order chi connectivity index (χ1) is 11.4. The van der Waals surface area contributed by atoms with E-state index in [1.165, 1.54) is 11.1 Å². The van der Waals surface area contributed by atoms with Gasteiger partial charge in [-0.15, -0.1) is 0 Å². The minimum atomic E-state index is -2.81. The largest absolute Gasteiger partial charge is 0.355 e. The summed E-state index contributed by atoms with van der Waals surface area (Å²) in [7, 11) is 0.997. The summed E-state index contributed by atoms with van der Waals surface area (Å²) in [5.41, 5.74) is 2.55. The summed E-state index contributed by atoms with van der Waals surface area (Å²) in [6.45, 7) is 5.75. The van der Waals surface area contributed by atoms with Gasteiger partial charge >= 0.3 is 0 Å². The highest BCUT2D eigenvalue weighted by atomic mass is 32.2. The van der Waals surface area contributed by atoms with Crippen LogP contribution in [0.25, 0.3) is 0 Å². The summed E-state index contributed by atoms with van der Waals surface area (Å²) in [6.07, 6.45) is 0. The Bertz CT molecular complexity index is 659. The molecule has 2 rings (SSSR count). The smallest absolute Gasteiger partial charge is 0.193 e. The molecule has 1 heterocycles. The molecule has 0 amide bonds. The predicted octanol–water partition coefficient (Wildman–Crippen LogP) is 0.733. The second-order valence-corrected chi connectivity index (χ2v) is 8.55. The minimum absolute atomic E-state index is 0.273. The third kappa shape index (κ3) is 5.49. The molecule has 1 aromatic rings. The van der Waals surface area contributed by atoms with Gasteiger partial charge < -0.3 is 10.2 Å². The summed E-state index contributed by atoms with van der Waals surface area (Å²) in [5.74, 6) is 1.40. The van der Waals surface area contributed by atoms with Gasteiger partial charge in [0.05, 0.1) is 11.5 Å². The van der Waals surface area contributed by atoms with Crippen molar-refractivity contribution < 1.29 is 8.42 Å². The van der Waals surface area contributed by atoms with Gasteiger partial charge in [-0.1, -0.05) is 24.3 Å². The lowest BCUT2D eigenvalue weighted by Gasteiger charge is -2.28. The van der Waals surface area contributed by atoms with Crippen LogP contribution in [0, 0.1) is 6.92 Å². The van der Waals surface area contributed by atoms with Crippen LogP contribution < -0.4 is 5.32 Å². The molecule has 1 saturated heterocycles. The molecule has 0 atom stereocenters. The summed E-state index contributed by atoms with van der Waals surface area (Å²) < 4.78 is 22.9. The van der Waals surface area contributed by atoms with Crippen LogP contribution in [0.4, 0.5) is 0 Å². The summed E-state index contributed by atoms with van der Waals surface area (Å²) in [6, 6.07) is 8.35. The van der Waals surface area contributed by atoms with Gasteiger partial charge in [0.25, 0.3) is 0 Å². The first kappa shape index (κ1) is 18.7. The Kier molecular flexibility index (Phi) is 6.62. The zero-order valence-electron chi connectivity index (χ0n) is 14.8. The number of benzene rings is 1. The van der Waals surface area contributed by atoms with Crippen molar-refractivity contribution in [1.82, 2.24) is 15.1 Å². The van der Waals surface area contributed by atoms with Crippen LogP contribution in [-0.4, -0.2) is 76.0 Å². The zero-order chi connectivity index (χ0) is 17.6. The molecule has 6 nitrogen and oxygen atoms in total. The third-order valence-electron chi connectivity index (χ3n) is 4.39. The van der Waals surface area contributed by atoms with Crippen molar-refractivity contribution in [2.75, 3.05) is 51.8 Å². The van der Waals surface area contributed by atoms with Gasteiger partial charge in [0, 0.05) is 46.8 Å². The van der Waals surface area contributed by atoms with E-state index < -0.39 is 9.84 Å².